The highest BCUT2D eigenvalue weighted by Gasteiger charge is 2.31. The largest absolute Gasteiger partial charge is 0.416 e. The van der Waals surface area contributed by atoms with Gasteiger partial charge in [0.1, 0.15) is 5.69 Å². The van der Waals surface area contributed by atoms with E-state index in [0.717, 1.165) is 36.2 Å². The molecule has 2 aromatic heterocycles. The minimum Gasteiger partial charge on any atom is -0.342 e. The van der Waals surface area contributed by atoms with Crippen molar-refractivity contribution in [1.29, 1.82) is 0 Å². The number of nitrogens with zero attached hydrogens (tertiary/aromatic N) is 3. The van der Waals surface area contributed by atoms with Gasteiger partial charge in [0.25, 0.3) is 5.91 Å². The van der Waals surface area contributed by atoms with Gasteiger partial charge in [-0.3, -0.25) is 14.5 Å². The van der Waals surface area contributed by atoms with E-state index in [9.17, 15) is 18.0 Å². The van der Waals surface area contributed by atoms with Gasteiger partial charge in [-0.25, -0.2) is 0 Å². The lowest BCUT2D eigenvalue weighted by atomic mass is 9.91. The van der Waals surface area contributed by atoms with Gasteiger partial charge in [0.05, 0.1) is 28.7 Å². The number of carbonyl (C=O) groups is 1. The predicted octanol–water partition coefficient (Wildman–Crippen LogP) is 4.62. The minimum absolute atomic E-state index is 0.248. The fraction of sp³-hybridized carbons (Fsp3) is 0.318. The normalized spacial score (nSPS) is 16.2. The molecule has 0 spiro atoms. The molecule has 8 heteroatoms. The summed E-state index contributed by atoms with van der Waals surface area (Å²) in [6.45, 7) is 1.82. The Morgan fingerprint density at radius 3 is 2.70 bits per heavy atom. The molecule has 0 radical (unpaired) electrons. The van der Waals surface area contributed by atoms with Crippen LogP contribution < -0.4 is 5.32 Å². The molecule has 1 aromatic carbocycles. The topological polar surface area (TPSA) is 59.8 Å². The van der Waals surface area contributed by atoms with Crippen LogP contribution in [0, 0.1) is 6.92 Å². The maximum Gasteiger partial charge on any atom is 0.416 e. The molecular weight excluding hydrogens is 393 g/mol. The van der Waals surface area contributed by atoms with E-state index in [1.165, 1.54) is 10.7 Å². The molecule has 1 aliphatic rings. The first-order valence-electron chi connectivity index (χ1n) is 9.71. The number of amides is 1. The smallest absolute Gasteiger partial charge is 0.342 e. The van der Waals surface area contributed by atoms with Gasteiger partial charge in [-0.1, -0.05) is 18.2 Å². The molecule has 0 saturated carbocycles. The highest BCUT2D eigenvalue weighted by Crippen LogP contribution is 2.34. The van der Waals surface area contributed by atoms with Crippen LogP contribution in [0.15, 0.2) is 42.5 Å². The first-order valence-corrected chi connectivity index (χ1v) is 9.71. The zero-order valence-corrected chi connectivity index (χ0v) is 16.6. The third kappa shape index (κ3) is 3.94. The number of benzene rings is 1. The third-order valence-corrected chi connectivity index (χ3v) is 5.31. The molecule has 1 atom stereocenters. The number of rotatable bonds is 3. The zero-order valence-electron chi connectivity index (χ0n) is 16.6. The number of hydrogen-bond acceptors (Lipinski definition) is 3. The summed E-state index contributed by atoms with van der Waals surface area (Å²) in [7, 11) is 1.71. The van der Waals surface area contributed by atoms with E-state index in [1.54, 1.807) is 25.2 Å². The van der Waals surface area contributed by atoms with Crippen molar-refractivity contribution < 1.29 is 18.0 Å². The predicted molar refractivity (Wildman–Crippen MR) is 106 cm³/mol. The fourth-order valence-electron chi connectivity index (χ4n) is 3.86. The molecule has 156 valence electrons. The minimum atomic E-state index is -4.41. The average Bonchev–Trinajstić information content (AvgIpc) is 3.05. The van der Waals surface area contributed by atoms with Crippen molar-refractivity contribution in [3.8, 4) is 11.3 Å². The standard InChI is InChI=1S/C22H21F3N4O/c1-13-11-19(29(2)28-13)21(30)27-18-8-4-5-14-9-10-17(26-20(14)18)15-6-3-7-16(12-15)22(23,24)25/h3,6-7,9-12,18H,4-5,8H2,1-2H3,(H,27,30). The van der Waals surface area contributed by atoms with Crippen LogP contribution in [-0.4, -0.2) is 20.7 Å². The van der Waals surface area contributed by atoms with Crippen LogP contribution in [0.2, 0.25) is 0 Å². The van der Waals surface area contributed by atoms with Crippen LogP contribution in [-0.2, 0) is 19.6 Å². The Morgan fingerprint density at radius 2 is 2.00 bits per heavy atom. The summed E-state index contributed by atoms with van der Waals surface area (Å²) >= 11 is 0. The Labute approximate surface area is 171 Å². The second-order valence-corrected chi connectivity index (χ2v) is 7.53. The summed E-state index contributed by atoms with van der Waals surface area (Å²) in [5.41, 5.74) is 3.05. The number of halogens is 3. The molecular formula is C22H21F3N4O. The number of pyridine rings is 1. The van der Waals surface area contributed by atoms with Crippen molar-refractivity contribution in [3.05, 3.63) is 70.7 Å². The van der Waals surface area contributed by atoms with E-state index >= 15 is 0 Å². The Hall–Kier alpha value is -3.16. The lowest BCUT2D eigenvalue weighted by Crippen LogP contribution is -2.33. The van der Waals surface area contributed by atoms with Crippen molar-refractivity contribution in [2.24, 2.45) is 7.05 Å². The molecule has 0 saturated heterocycles. The Morgan fingerprint density at radius 1 is 1.20 bits per heavy atom. The van der Waals surface area contributed by atoms with Crippen LogP contribution in [0.4, 0.5) is 13.2 Å². The summed E-state index contributed by atoms with van der Waals surface area (Å²) in [5, 5.41) is 7.22. The lowest BCUT2D eigenvalue weighted by molar-refractivity contribution is -0.137. The van der Waals surface area contributed by atoms with E-state index in [1.807, 2.05) is 13.0 Å². The summed E-state index contributed by atoms with van der Waals surface area (Å²) in [5.74, 6) is -0.248. The number of aryl methyl sites for hydroxylation is 3. The zero-order chi connectivity index (χ0) is 21.5. The average molecular weight is 414 g/mol. The number of carbonyl (C=O) groups excluding carboxylic acids is 1. The molecule has 5 nitrogen and oxygen atoms in total. The number of nitrogens with one attached hydrogen (secondary N) is 1. The van der Waals surface area contributed by atoms with Gasteiger partial charge < -0.3 is 5.32 Å². The Bertz CT molecular complexity index is 1100. The molecule has 4 rings (SSSR count). The second-order valence-electron chi connectivity index (χ2n) is 7.53. The first-order chi connectivity index (χ1) is 14.2. The van der Waals surface area contributed by atoms with Crippen molar-refractivity contribution in [2.75, 3.05) is 0 Å². The third-order valence-electron chi connectivity index (χ3n) is 5.31. The number of aromatic nitrogens is 3. The van der Waals surface area contributed by atoms with Gasteiger partial charge in [-0.05, 0) is 56.0 Å². The van der Waals surface area contributed by atoms with Gasteiger partial charge in [0.2, 0.25) is 0 Å². The maximum absolute atomic E-state index is 13.1. The van der Waals surface area contributed by atoms with Crippen LogP contribution in [0.3, 0.4) is 0 Å². The molecule has 30 heavy (non-hydrogen) atoms. The van der Waals surface area contributed by atoms with Crippen molar-refractivity contribution in [1.82, 2.24) is 20.1 Å². The van der Waals surface area contributed by atoms with Crippen LogP contribution >= 0.6 is 0 Å². The molecule has 0 fully saturated rings. The summed E-state index contributed by atoms with van der Waals surface area (Å²) < 4.78 is 40.8. The van der Waals surface area contributed by atoms with E-state index in [0.29, 0.717) is 29.1 Å². The van der Waals surface area contributed by atoms with Crippen LogP contribution in [0.25, 0.3) is 11.3 Å². The molecule has 2 heterocycles. The SMILES string of the molecule is Cc1cc(C(=O)NC2CCCc3ccc(-c4cccc(C(F)(F)F)c4)nc32)n(C)n1. The molecule has 1 N–H and O–H groups in total. The Kier molecular flexibility index (Phi) is 5.09. The van der Waals surface area contributed by atoms with E-state index in [2.05, 4.69) is 15.4 Å². The van der Waals surface area contributed by atoms with Gasteiger partial charge in [-0.15, -0.1) is 0 Å². The maximum atomic E-state index is 13.1. The lowest BCUT2D eigenvalue weighted by Gasteiger charge is -2.26. The van der Waals surface area contributed by atoms with Crippen molar-refractivity contribution in [2.45, 2.75) is 38.4 Å². The second kappa shape index (κ2) is 7.59. The molecule has 0 aliphatic heterocycles. The molecule has 0 bridgehead atoms. The van der Waals surface area contributed by atoms with Crippen molar-refractivity contribution in [3.63, 3.8) is 0 Å². The monoisotopic (exact) mass is 414 g/mol. The summed E-state index contributed by atoms with van der Waals surface area (Å²) in [6, 6.07) is 10.2. The van der Waals surface area contributed by atoms with Gasteiger partial charge >= 0.3 is 6.18 Å². The van der Waals surface area contributed by atoms with Crippen molar-refractivity contribution >= 4 is 5.91 Å². The highest BCUT2D eigenvalue weighted by atomic mass is 19.4. The van der Waals surface area contributed by atoms with Gasteiger partial charge in [-0.2, -0.15) is 18.3 Å². The molecule has 1 amide bonds. The number of hydrogen-bond donors (Lipinski definition) is 1. The van der Waals surface area contributed by atoms with Gasteiger partial charge in [0.15, 0.2) is 0 Å². The van der Waals surface area contributed by atoms with E-state index in [4.69, 9.17) is 0 Å². The molecule has 1 unspecified atom stereocenters. The molecule has 1 aliphatic carbocycles. The number of fused-ring (bicyclic) bond motifs is 1. The van der Waals surface area contributed by atoms with Crippen LogP contribution in [0.5, 0.6) is 0 Å². The highest BCUT2D eigenvalue weighted by molar-refractivity contribution is 5.93. The quantitative estimate of drug-likeness (QED) is 0.681. The number of alkyl halides is 3. The summed E-state index contributed by atoms with van der Waals surface area (Å²) in [4.78, 5) is 17.4. The van der Waals surface area contributed by atoms with Crippen LogP contribution in [0.1, 0.15) is 51.9 Å². The first kappa shape index (κ1) is 20.1. The summed E-state index contributed by atoms with van der Waals surface area (Å²) in [6.07, 6.45) is -1.98. The van der Waals surface area contributed by atoms with E-state index < -0.39 is 11.7 Å². The molecule has 3 aromatic rings. The Balaban J connectivity index is 1.65. The fourth-order valence-corrected chi connectivity index (χ4v) is 3.86. The van der Waals surface area contributed by atoms with Gasteiger partial charge in [0, 0.05) is 12.6 Å². The van der Waals surface area contributed by atoms with E-state index in [-0.39, 0.29) is 11.9 Å².